The fraction of sp³-hybridized carbons (Fsp3) is 0.400. The molecule has 92 valence electrons. The SMILES string of the molecule is Brc1ccc2cc3c(nc2c1)N[C@H](C1CCC1)C3. The number of hydrogen-bond donors (Lipinski definition) is 1. The molecule has 1 atom stereocenters. The summed E-state index contributed by atoms with van der Waals surface area (Å²) in [6.45, 7) is 0. The monoisotopic (exact) mass is 302 g/mol. The summed E-state index contributed by atoms with van der Waals surface area (Å²) >= 11 is 3.51. The summed E-state index contributed by atoms with van der Waals surface area (Å²) in [7, 11) is 0. The molecule has 0 spiro atoms. The smallest absolute Gasteiger partial charge is 0.130 e. The van der Waals surface area contributed by atoms with Gasteiger partial charge in [0.25, 0.3) is 0 Å². The average Bonchev–Trinajstić information content (AvgIpc) is 2.65. The number of fused-ring (bicyclic) bond motifs is 2. The quantitative estimate of drug-likeness (QED) is 0.856. The van der Waals surface area contributed by atoms with Crippen LogP contribution in [-0.2, 0) is 6.42 Å². The second kappa shape index (κ2) is 3.95. The Labute approximate surface area is 115 Å². The van der Waals surface area contributed by atoms with Crippen molar-refractivity contribution in [3.05, 3.63) is 34.3 Å². The summed E-state index contributed by atoms with van der Waals surface area (Å²) in [6.07, 6.45) is 5.33. The molecule has 3 heteroatoms. The summed E-state index contributed by atoms with van der Waals surface area (Å²) in [6, 6.07) is 9.25. The topological polar surface area (TPSA) is 24.9 Å². The van der Waals surface area contributed by atoms with Gasteiger partial charge in [-0.05, 0) is 48.9 Å². The molecule has 0 saturated heterocycles. The first kappa shape index (κ1) is 10.8. The Kier molecular flexibility index (Phi) is 2.37. The second-order valence-corrected chi connectivity index (χ2v) is 6.39. The maximum atomic E-state index is 4.77. The van der Waals surface area contributed by atoms with Crippen molar-refractivity contribution in [1.82, 2.24) is 4.98 Å². The second-order valence-electron chi connectivity index (χ2n) is 5.48. The zero-order valence-electron chi connectivity index (χ0n) is 10.1. The van der Waals surface area contributed by atoms with Crippen molar-refractivity contribution in [2.75, 3.05) is 5.32 Å². The zero-order valence-corrected chi connectivity index (χ0v) is 11.7. The predicted octanol–water partition coefficient (Wildman–Crippen LogP) is 4.13. The molecule has 2 nitrogen and oxygen atoms in total. The largest absolute Gasteiger partial charge is 0.366 e. The Morgan fingerprint density at radius 1 is 1.22 bits per heavy atom. The molecular weight excluding hydrogens is 288 g/mol. The first-order chi connectivity index (χ1) is 8.79. The van der Waals surface area contributed by atoms with E-state index in [1.54, 1.807) is 0 Å². The molecule has 1 aromatic heterocycles. The average molecular weight is 303 g/mol. The van der Waals surface area contributed by atoms with Gasteiger partial charge < -0.3 is 5.32 Å². The van der Waals surface area contributed by atoms with E-state index in [0.717, 1.165) is 28.1 Å². The van der Waals surface area contributed by atoms with Crippen LogP contribution < -0.4 is 5.32 Å². The first-order valence-electron chi connectivity index (χ1n) is 6.65. The standard InChI is InChI=1S/C15H15BrN2/c16-12-5-4-10-6-11-7-13(9-2-1-3-9)17-15(11)18-14(10)8-12/h4-6,8-9,13H,1-3,7H2,(H,17,18)/t13-/m0/s1. The number of benzene rings is 1. The molecule has 1 saturated carbocycles. The highest BCUT2D eigenvalue weighted by atomic mass is 79.9. The van der Waals surface area contributed by atoms with Crippen molar-refractivity contribution in [1.29, 1.82) is 0 Å². The van der Waals surface area contributed by atoms with Crippen LogP contribution in [0.4, 0.5) is 5.82 Å². The Morgan fingerprint density at radius 3 is 2.89 bits per heavy atom. The van der Waals surface area contributed by atoms with Gasteiger partial charge in [0.05, 0.1) is 5.52 Å². The van der Waals surface area contributed by atoms with Crippen LogP contribution in [0.25, 0.3) is 10.9 Å². The fourth-order valence-corrected chi connectivity index (χ4v) is 3.40. The Morgan fingerprint density at radius 2 is 2.11 bits per heavy atom. The van der Waals surface area contributed by atoms with E-state index < -0.39 is 0 Å². The van der Waals surface area contributed by atoms with E-state index in [4.69, 9.17) is 4.98 Å². The molecular formula is C15H15BrN2. The minimum Gasteiger partial charge on any atom is -0.366 e. The Balaban J connectivity index is 1.74. The summed E-state index contributed by atoms with van der Waals surface area (Å²) in [5.74, 6) is 1.98. The molecule has 2 aliphatic rings. The van der Waals surface area contributed by atoms with Crippen molar-refractivity contribution in [3.8, 4) is 0 Å². The van der Waals surface area contributed by atoms with Crippen molar-refractivity contribution >= 4 is 32.7 Å². The van der Waals surface area contributed by atoms with Crippen LogP contribution in [0.2, 0.25) is 0 Å². The molecule has 18 heavy (non-hydrogen) atoms. The number of rotatable bonds is 1. The van der Waals surface area contributed by atoms with Crippen molar-refractivity contribution in [2.24, 2.45) is 5.92 Å². The van der Waals surface area contributed by atoms with E-state index in [9.17, 15) is 0 Å². The van der Waals surface area contributed by atoms with E-state index in [1.165, 1.54) is 30.2 Å². The van der Waals surface area contributed by atoms with E-state index in [1.807, 2.05) is 0 Å². The molecule has 0 amide bonds. The normalized spacial score (nSPS) is 22.6. The Bertz CT molecular complexity index is 619. The lowest BCUT2D eigenvalue weighted by molar-refractivity contribution is 0.278. The third kappa shape index (κ3) is 1.64. The van der Waals surface area contributed by atoms with Gasteiger partial charge in [-0.2, -0.15) is 0 Å². The van der Waals surface area contributed by atoms with Gasteiger partial charge in [0.1, 0.15) is 5.82 Å². The van der Waals surface area contributed by atoms with Gasteiger partial charge in [-0.1, -0.05) is 28.4 Å². The van der Waals surface area contributed by atoms with Crippen LogP contribution >= 0.6 is 15.9 Å². The summed E-state index contributed by atoms with van der Waals surface area (Å²) in [5, 5.41) is 4.87. The molecule has 4 rings (SSSR count). The van der Waals surface area contributed by atoms with Crippen molar-refractivity contribution in [3.63, 3.8) is 0 Å². The van der Waals surface area contributed by atoms with Gasteiger partial charge in [-0.25, -0.2) is 4.98 Å². The van der Waals surface area contributed by atoms with Crippen LogP contribution in [0, 0.1) is 5.92 Å². The first-order valence-corrected chi connectivity index (χ1v) is 7.44. The summed E-state index contributed by atoms with van der Waals surface area (Å²) in [5.41, 5.74) is 2.46. The number of aromatic nitrogens is 1. The molecule has 1 aliphatic carbocycles. The number of halogens is 1. The number of nitrogens with zero attached hydrogens (tertiary/aromatic N) is 1. The van der Waals surface area contributed by atoms with E-state index >= 15 is 0 Å². The van der Waals surface area contributed by atoms with Crippen LogP contribution in [0.3, 0.4) is 0 Å². The third-order valence-electron chi connectivity index (χ3n) is 4.34. The Hall–Kier alpha value is -1.09. The zero-order chi connectivity index (χ0) is 12.1. The molecule has 0 unspecified atom stereocenters. The lowest BCUT2D eigenvalue weighted by Crippen LogP contribution is -2.31. The molecule has 1 fully saturated rings. The van der Waals surface area contributed by atoms with Crippen LogP contribution in [0.5, 0.6) is 0 Å². The van der Waals surface area contributed by atoms with Crippen LogP contribution in [0.15, 0.2) is 28.7 Å². The van der Waals surface area contributed by atoms with Gasteiger partial charge in [0.15, 0.2) is 0 Å². The van der Waals surface area contributed by atoms with Gasteiger partial charge in [-0.3, -0.25) is 0 Å². The molecule has 1 aromatic carbocycles. The third-order valence-corrected chi connectivity index (χ3v) is 4.83. The minimum atomic E-state index is 0.626. The molecule has 1 N–H and O–H groups in total. The van der Waals surface area contributed by atoms with Gasteiger partial charge in [-0.15, -0.1) is 0 Å². The number of nitrogens with one attached hydrogen (secondary N) is 1. The number of hydrogen-bond acceptors (Lipinski definition) is 2. The summed E-state index contributed by atoms with van der Waals surface area (Å²) in [4.78, 5) is 4.77. The van der Waals surface area contributed by atoms with Gasteiger partial charge in [0.2, 0.25) is 0 Å². The van der Waals surface area contributed by atoms with Crippen molar-refractivity contribution < 1.29 is 0 Å². The molecule has 2 heterocycles. The van der Waals surface area contributed by atoms with Gasteiger partial charge >= 0.3 is 0 Å². The minimum absolute atomic E-state index is 0.626. The predicted molar refractivity (Wildman–Crippen MR) is 77.9 cm³/mol. The van der Waals surface area contributed by atoms with Gasteiger partial charge in [0, 0.05) is 15.9 Å². The maximum absolute atomic E-state index is 4.77. The van der Waals surface area contributed by atoms with Crippen LogP contribution in [-0.4, -0.2) is 11.0 Å². The molecule has 0 bridgehead atoms. The highest BCUT2D eigenvalue weighted by Crippen LogP contribution is 2.38. The molecule has 2 aromatic rings. The lowest BCUT2D eigenvalue weighted by atomic mass is 9.79. The van der Waals surface area contributed by atoms with E-state index in [-0.39, 0.29) is 0 Å². The van der Waals surface area contributed by atoms with Crippen molar-refractivity contribution in [2.45, 2.75) is 31.7 Å². The molecule has 0 radical (unpaired) electrons. The number of anilines is 1. The highest BCUT2D eigenvalue weighted by Gasteiger charge is 2.32. The van der Waals surface area contributed by atoms with Crippen LogP contribution in [0.1, 0.15) is 24.8 Å². The lowest BCUT2D eigenvalue weighted by Gasteiger charge is -2.31. The van der Waals surface area contributed by atoms with E-state index in [2.05, 4.69) is 45.5 Å². The fourth-order valence-electron chi connectivity index (χ4n) is 3.05. The summed E-state index contributed by atoms with van der Waals surface area (Å²) < 4.78 is 1.09. The maximum Gasteiger partial charge on any atom is 0.130 e. The highest BCUT2D eigenvalue weighted by molar-refractivity contribution is 9.10. The molecule has 1 aliphatic heterocycles. The number of pyridine rings is 1. The van der Waals surface area contributed by atoms with E-state index in [0.29, 0.717) is 6.04 Å².